The van der Waals surface area contributed by atoms with Gasteiger partial charge >= 0.3 is 0 Å². The molecule has 270 valence electrons. The molecule has 0 saturated heterocycles. The third-order valence-corrected chi connectivity index (χ3v) is 9.21. The van der Waals surface area contributed by atoms with Crippen LogP contribution >= 0.6 is 12.8 Å². The van der Waals surface area contributed by atoms with Crippen molar-refractivity contribution in [1.29, 1.82) is 0 Å². The van der Waals surface area contributed by atoms with Gasteiger partial charge in [-0.2, -0.15) is 0 Å². The van der Waals surface area contributed by atoms with Gasteiger partial charge in [-0.15, -0.1) is 6.58 Å². The summed E-state index contributed by atoms with van der Waals surface area (Å²) in [5.74, 6) is 0. The minimum atomic E-state index is 0.146. The van der Waals surface area contributed by atoms with Gasteiger partial charge in [0, 0.05) is 25.1 Å². The molecule has 0 aliphatic heterocycles. The third-order valence-electron chi connectivity index (χ3n) is 8.59. The highest BCUT2D eigenvalue weighted by molar-refractivity contribution is 7.77. The van der Waals surface area contributed by atoms with Crippen LogP contribution in [0.2, 0.25) is 0 Å². The molecular formula is C45H69N3S. The van der Waals surface area contributed by atoms with Crippen molar-refractivity contribution in [2.75, 3.05) is 7.05 Å². The van der Waals surface area contributed by atoms with E-state index in [0.717, 1.165) is 62.6 Å². The van der Waals surface area contributed by atoms with Crippen LogP contribution in [-0.2, 0) is 32.1 Å². The molecule has 4 heteroatoms. The van der Waals surface area contributed by atoms with Crippen molar-refractivity contribution in [1.82, 2.24) is 9.29 Å². The molecule has 3 nitrogen and oxygen atoms in total. The minimum absolute atomic E-state index is 0.146. The number of nitrogens with zero attached hydrogens (tertiary/aromatic N) is 3. The summed E-state index contributed by atoms with van der Waals surface area (Å²) in [7, 11) is 1.75. The molecule has 1 unspecified atom stereocenters. The van der Waals surface area contributed by atoms with Gasteiger partial charge in [0.1, 0.15) is 0 Å². The summed E-state index contributed by atoms with van der Waals surface area (Å²) in [5, 5.41) is 0. The molecule has 2 aromatic rings. The molecule has 1 aromatic carbocycles. The van der Waals surface area contributed by atoms with Crippen LogP contribution in [0.5, 0.6) is 0 Å². The summed E-state index contributed by atoms with van der Waals surface area (Å²) in [6.07, 6.45) is 20.8. The average Bonchev–Trinajstić information content (AvgIpc) is 3.39. The summed E-state index contributed by atoms with van der Waals surface area (Å²) >= 11 is 4.93. The van der Waals surface area contributed by atoms with E-state index in [9.17, 15) is 0 Å². The predicted octanol–water partition coefficient (Wildman–Crippen LogP) is 12.9. The Kier molecular flexibility index (Phi) is 23.8. The molecule has 0 bridgehead atoms. The van der Waals surface area contributed by atoms with Gasteiger partial charge in [-0.3, -0.25) is 4.98 Å². The number of aromatic nitrogens is 1. The van der Waals surface area contributed by atoms with E-state index in [0.29, 0.717) is 0 Å². The number of allylic oxidation sites excluding steroid dienone is 7. The van der Waals surface area contributed by atoms with Crippen molar-refractivity contribution in [3.63, 3.8) is 0 Å². The number of aliphatic imine (C=N–C) groups is 1. The molecular weight excluding hydrogens is 615 g/mol. The number of hydrogen-bond acceptors (Lipinski definition) is 4. The highest BCUT2D eigenvalue weighted by atomic mass is 32.1. The Morgan fingerprint density at radius 3 is 2.10 bits per heavy atom. The second-order valence-electron chi connectivity index (χ2n) is 11.8. The first kappa shape index (κ1) is 45.6. The van der Waals surface area contributed by atoms with E-state index in [-0.39, 0.29) is 6.04 Å². The van der Waals surface area contributed by atoms with Crippen LogP contribution in [0.1, 0.15) is 129 Å². The number of benzene rings is 1. The monoisotopic (exact) mass is 684 g/mol. The second kappa shape index (κ2) is 25.6. The fraction of sp³-hybridized carbons (Fsp3) is 0.467. The maximum absolute atomic E-state index is 4.93. The normalized spacial score (nSPS) is 14.4. The summed E-state index contributed by atoms with van der Waals surface area (Å²) in [6.45, 7) is 35.2. The highest BCUT2D eigenvalue weighted by Crippen LogP contribution is 2.44. The SMILES string of the molecule is C=C(C)CC.C=C1C=C2C(=CC=C1CC)c1c(cc(CC)c(CC)c1CCc1cccnc1)CCC2N(S)C(=C)C.CC.CC.CC=NC. The van der Waals surface area contributed by atoms with Crippen molar-refractivity contribution in [3.05, 3.63) is 130 Å². The summed E-state index contributed by atoms with van der Waals surface area (Å²) < 4.78 is 2.06. The lowest BCUT2D eigenvalue weighted by Gasteiger charge is -2.31. The van der Waals surface area contributed by atoms with E-state index < -0.39 is 0 Å². The van der Waals surface area contributed by atoms with Crippen molar-refractivity contribution < 1.29 is 0 Å². The number of pyridine rings is 1. The van der Waals surface area contributed by atoms with E-state index >= 15 is 0 Å². The Morgan fingerprint density at radius 2 is 1.63 bits per heavy atom. The first-order valence-electron chi connectivity index (χ1n) is 18.6. The van der Waals surface area contributed by atoms with E-state index in [1.807, 2.05) is 66.9 Å². The van der Waals surface area contributed by atoms with Gasteiger partial charge in [0.25, 0.3) is 0 Å². The zero-order chi connectivity index (χ0) is 37.5. The molecule has 1 heterocycles. The van der Waals surface area contributed by atoms with E-state index in [1.54, 1.807) is 13.3 Å². The van der Waals surface area contributed by atoms with Gasteiger partial charge in [0.2, 0.25) is 0 Å². The Hall–Kier alpha value is -3.37. The summed E-state index contributed by atoms with van der Waals surface area (Å²) in [4.78, 5) is 7.98. The van der Waals surface area contributed by atoms with E-state index in [4.69, 9.17) is 12.8 Å². The average molecular weight is 684 g/mol. The maximum atomic E-state index is 4.93. The van der Waals surface area contributed by atoms with Crippen molar-refractivity contribution >= 4 is 24.6 Å². The van der Waals surface area contributed by atoms with E-state index in [1.165, 1.54) is 55.7 Å². The second-order valence-corrected chi connectivity index (χ2v) is 12.2. The first-order valence-corrected chi connectivity index (χ1v) is 19.0. The van der Waals surface area contributed by atoms with Gasteiger partial charge < -0.3 is 9.30 Å². The largest absolute Gasteiger partial charge is 0.316 e. The van der Waals surface area contributed by atoms with Crippen LogP contribution in [0.25, 0.3) is 5.57 Å². The van der Waals surface area contributed by atoms with Gasteiger partial charge in [-0.1, -0.05) is 111 Å². The topological polar surface area (TPSA) is 28.5 Å². The first-order chi connectivity index (χ1) is 23.6. The molecule has 0 spiro atoms. The molecule has 49 heavy (non-hydrogen) atoms. The molecule has 0 amide bonds. The fourth-order valence-corrected chi connectivity index (χ4v) is 6.09. The van der Waals surface area contributed by atoms with Gasteiger partial charge in [-0.05, 0) is 146 Å². The molecule has 0 saturated carbocycles. The standard InChI is InChI=1S/C33H40N2S.C5H10.C3H7N.2C2H6/c1-7-25-13-16-30-31(19-23(25)6)32(35(36)22(4)5)17-14-27-20-26(8-2)28(9-3)29(33(27)30)15-12-24-11-10-18-34-21-24;1-4-5(2)3;1-3-4-2;2*1-2/h10-11,13,16,18-21,32,36H,4,6-9,12,14-15,17H2,1-3,5H3;2,4H2,1,3H3;3H,1-2H3;2*1-2H3. The Morgan fingerprint density at radius 1 is 1.00 bits per heavy atom. The zero-order valence-electron chi connectivity index (χ0n) is 33.3. The molecule has 2 aliphatic carbocycles. The van der Waals surface area contributed by atoms with Crippen molar-refractivity contribution in [2.24, 2.45) is 4.99 Å². The molecule has 1 atom stereocenters. The van der Waals surface area contributed by atoms with Crippen LogP contribution in [-0.4, -0.2) is 28.6 Å². The highest BCUT2D eigenvalue weighted by Gasteiger charge is 2.32. The van der Waals surface area contributed by atoms with Gasteiger partial charge in [-0.25, -0.2) is 0 Å². The molecule has 0 fully saturated rings. The molecule has 1 aromatic heterocycles. The third kappa shape index (κ3) is 13.8. The number of hydrogen-bond donors (Lipinski definition) is 1. The molecule has 2 aliphatic rings. The summed E-state index contributed by atoms with van der Waals surface area (Å²) in [6, 6.07) is 6.88. The Labute approximate surface area is 308 Å². The molecule has 4 rings (SSSR count). The van der Waals surface area contributed by atoms with Crippen LogP contribution in [0.3, 0.4) is 0 Å². The van der Waals surface area contributed by atoms with Crippen molar-refractivity contribution in [3.8, 4) is 0 Å². The number of rotatable bonds is 9. The predicted molar refractivity (Wildman–Crippen MR) is 226 cm³/mol. The number of aryl methyl sites for hydroxylation is 3. The zero-order valence-corrected chi connectivity index (χ0v) is 34.2. The van der Waals surface area contributed by atoms with Crippen LogP contribution in [0, 0.1) is 0 Å². The smallest absolute Gasteiger partial charge is 0.0659 e. The Bertz CT molecular complexity index is 1440. The lowest BCUT2D eigenvalue weighted by Crippen LogP contribution is -2.28. The minimum Gasteiger partial charge on any atom is -0.316 e. The quantitative estimate of drug-likeness (QED) is 0.162. The molecule has 0 radical (unpaired) electrons. The van der Waals surface area contributed by atoms with Gasteiger partial charge in [0.05, 0.1) is 6.04 Å². The van der Waals surface area contributed by atoms with Crippen LogP contribution < -0.4 is 0 Å². The number of thiol groups is 1. The lowest BCUT2D eigenvalue weighted by atomic mass is 9.81. The van der Waals surface area contributed by atoms with Crippen LogP contribution in [0.15, 0.2) is 102 Å². The molecule has 0 N–H and O–H groups in total. The maximum Gasteiger partial charge on any atom is 0.0659 e. The number of fused-ring (bicyclic) bond motifs is 3. The van der Waals surface area contributed by atoms with Crippen molar-refractivity contribution in [2.45, 2.75) is 134 Å². The Balaban J connectivity index is 0.00000154. The van der Waals surface area contributed by atoms with Gasteiger partial charge in [0.15, 0.2) is 0 Å². The van der Waals surface area contributed by atoms with E-state index in [2.05, 4.69) is 92.1 Å². The lowest BCUT2D eigenvalue weighted by molar-refractivity contribution is 0.455. The fourth-order valence-electron chi connectivity index (χ4n) is 5.85. The summed E-state index contributed by atoms with van der Waals surface area (Å²) in [5.41, 5.74) is 16.0. The van der Waals surface area contributed by atoms with Crippen LogP contribution in [0.4, 0.5) is 0 Å².